The van der Waals surface area contributed by atoms with Crippen LogP contribution in [0.4, 0.5) is 0 Å². The molecule has 0 aromatic carbocycles. The molecular weight excluding hydrogens is 222 g/mol. The molecule has 2 atom stereocenters. The minimum atomic E-state index is 0.711. The highest BCUT2D eigenvalue weighted by atomic mass is 15.3. The largest absolute Gasteiger partial charge is 0.317 e. The second-order valence-corrected chi connectivity index (χ2v) is 5.89. The van der Waals surface area contributed by atoms with Crippen LogP contribution < -0.4 is 5.32 Å². The van der Waals surface area contributed by atoms with E-state index >= 15 is 0 Å². The van der Waals surface area contributed by atoms with Gasteiger partial charge in [-0.05, 0) is 53.4 Å². The Balaban J connectivity index is 2.02. The molecule has 3 nitrogen and oxygen atoms in total. The lowest BCUT2D eigenvalue weighted by atomic mass is 10.1. The molecule has 3 heteroatoms. The fourth-order valence-corrected chi connectivity index (χ4v) is 2.81. The molecule has 0 radical (unpaired) electrons. The Bertz CT molecular complexity index is 196. The highest BCUT2D eigenvalue weighted by Gasteiger charge is 2.25. The third-order valence-corrected chi connectivity index (χ3v) is 4.26. The van der Waals surface area contributed by atoms with Gasteiger partial charge in [-0.1, -0.05) is 19.8 Å². The molecule has 1 N–H and O–H groups in total. The summed E-state index contributed by atoms with van der Waals surface area (Å²) in [5.41, 5.74) is 0. The van der Waals surface area contributed by atoms with Gasteiger partial charge in [0.1, 0.15) is 0 Å². The molecule has 0 aromatic rings. The molecule has 2 unspecified atom stereocenters. The Labute approximate surface area is 114 Å². The molecule has 1 rings (SSSR count). The van der Waals surface area contributed by atoms with Gasteiger partial charge in [-0.15, -0.1) is 0 Å². The monoisotopic (exact) mass is 255 g/mol. The van der Waals surface area contributed by atoms with E-state index in [0.29, 0.717) is 12.1 Å². The zero-order chi connectivity index (χ0) is 13.4. The summed E-state index contributed by atoms with van der Waals surface area (Å²) < 4.78 is 0. The predicted octanol–water partition coefficient (Wildman–Crippen LogP) is 2.18. The molecule has 108 valence electrons. The Morgan fingerprint density at radius 3 is 2.22 bits per heavy atom. The average Bonchev–Trinajstić information content (AvgIpc) is 2.34. The zero-order valence-electron chi connectivity index (χ0n) is 12.9. The molecule has 1 heterocycles. The van der Waals surface area contributed by atoms with Crippen molar-refractivity contribution in [1.82, 2.24) is 15.1 Å². The lowest BCUT2D eigenvalue weighted by molar-refractivity contribution is 0.0591. The van der Waals surface area contributed by atoms with Gasteiger partial charge in [0.15, 0.2) is 0 Å². The van der Waals surface area contributed by atoms with Crippen molar-refractivity contribution >= 4 is 0 Å². The average molecular weight is 255 g/mol. The number of nitrogens with one attached hydrogen (secondary N) is 1. The predicted molar refractivity (Wildman–Crippen MR) is 80.1 cm³/mol. The van der Waals surface area contributed by atoms with Gasteiger partial charge in [-0.2, -0.15) is 0 Å². The molecule has 0 aliphatic carbocycles. The fourth-order valence-electron chi connectivity index (χ4n) is 2.81. The lowest BCUT2D eigenvalue weighted by Crippen LogP contribution is -2.54. The van der Waals surface area contributed by atoms with Crippen molar-refractivity contribution in [2.45, 2.75) is 58.5 Å². The van der Waals surface area contributed by atoms with Crippen LogP contribution in [0.3, 0.4) is 0 Å². The van der Waals surface area contributed by atoms with E-state index in [9.17, 15) is 0 Å². The first-order valence-corrected chi connectivity index (χ1v) is 7.80. The van der Waals surface area contributed by atoms with Gasteiger partial charge in [0.2, 0.25) is 0 Å². The van der Waals surface area contributed by atoms with E-state index in [0.717, 1.165) is 6.54 Å². The summed E-state index contributed by atoms with van der Waals surface area (Å²) in [5.74, 6) is 0. The quantitative estimate of drug-likeness (QED) is 0.671. The smallest absolute Gasteiger partial charge is 0.0195 e. The normalized spacial score (nSPS) is 26.7. The molecule has 0 saturated carbocycles. The highest BCUT2D eigenvalue weighted by molar-refractivity contribution is 4.82. The Hall–Kier alpha value is -0.120. The molecular formula is C15H33N3. The number of likely N-dealkylation sites (N-methyl/N-ethyl adjacent to an activating group) is 1. The summed E-state index contributed by atoms with van der Waals surface area (Å²) in [6.07, 6.45) is 5.48. The number of hydrogen-bond donors (Lipinski definition) is 1. The topological polar surface area (TPSA) is 18.5 Å². The summed E-state index contributed by atoms with van der Waals surface area (Å²) in [7, 11) is 2.26. The Morgan fingerprint density at radius 2 is 1.61 bits per heavy atom. The minimum absolute atomic E-state index is 0.711. The first-order valence-electron chi connectivity index (χ1n) is 7.80. The molecule has 1 fully saturated rings. The molecule has 0 bridgehead atoms. The van der Waals surface area contributed by atoms with Crippen LogP contribution in [-0.4, -0.2) is 61.7 Å². The first-order chi connectivity index (χ1) is 8.65. The van der Waals surface area contributed by atoms with Crippen molar-refractivity contribution in [1.29, 1.82) is 0 Å². The van der Waals surface area contributed by atoms with Gasteiger partial charge >= 0.3 is 0 Å². The third-order valence-electron chi connectivity index (χ3n) is 4.26. The fraction of sp³-hybridized carbons (Fsp3) is 1.00. The van der Waals surface area contributed by atoms with E-state index in [2.05, 4.69) is 42.9 Å². The van der Waals surface area contributed by atoms with Crippen LogP contribution >= 0.6 is 0 Å². The molecule has 18 heavy (non-hydrogen) atoms. The summed E-state index contributed by atoms with van der Waals surface area (Å²) in [5, 5.41) is 3.39. The summed E-state index contributed by atoms with van der Waals surface area (Å²) in [4.78, 5) is 5.16. The summed E-state index contributed by atoms with van der Waals surface area (Å²) >= 11 is 0. The molecule has 0 amide bonds. The maximum absolute atomic E-state index is 3.39. The number of piperazine rings is 1. The van der Waals surface area contributed by atoms with Gasteiger partial charge in [-0.25, -0.2) is 0 Å². The van der Waals surface area contributed by atoms with Crippen molar-refractivity contribution < 1.29 is 0 Å². The van der Waals surface area contributed by atoms with Crippen LogP contribution in [0.2, 0.25) is 0 Å². The van der Waals surface area contributed by atoms with Gasteiger partial charge in [0, 0.05) is 25.2 Å². The van der Waals surface area contributed by atoms with Crippen molar-refractivity contribution in [2.75, 3.05) is 39.8 Å². The van der Waals surface area contributed by atoms with Gasteiger partial charge in [0.05, 0.1) is 0 Å². The molecule has 1 saturated heterocycles. The van der Waals surface area contributed by atoms with E-state index in [1.165, 1.54) is 51.9 Å². The summed E-state index contributed by atoms with van der Waals surface area (Å²) in [6, 6.07) is 1.42. The van der Waals surface area contributed by atoms with Crippen LogP contribution in [-0.2, 0) is 0 Å². The first kappa shape index (κ1) is 15.9. The second-order valence-electron chi connectivity index (χ2n) is 5.89. The molecule has 1 aliphatic rings. The van der Waals surface area contributed by atoms with Crippen LogP contribution in [0.5, 0.6) is 0 Å². The van der Waals surface area contributed by atoms with Crippen LogP contribution in [0.1, 0.15) is 46.5 Å². The van der Waals surface area contributed by atoms with Crippen molar-refractivity contribution in [3.05, 3.63) is 0 Å². The standard InChI is InChI=1S/C15H33N3/c1-5-16-10-8-6-7-9-11-18-12-14(2)17(4)15(3)13-18/h14-16H,5-13H2,1-4H3. The van der Waals surface area contributed by atoms with Crippen LogP contribution in [0.15, 0.2) is 0 Å². The second kappa shape index (κ2) is 8.89. The van der Waals surface area contributed by atoms with Crippen molar-refractivity contribution in [2.24, 2.45) is 0 Å². The summed E-state index contributed by atoms with van der Waals surface area (Å²) in [6.45, 7) is 13.0. The minimum Gasteiger partial charge on any atom is -0.317 e. The Kier molecular flexibility index (Phi) is 7.87. The number of nitrogens with zero attached hydrogens (tertiary/aromatic N) is 2. The molecule has 0 aromatic heterocycles. The number of hydrogen-bond acceptors (Lipinski definition) is 3. The van der Waals surface area contributed by atoms with Crippen molar-refractivity contribution in [3.63, 3.8) is 0 Å². The van der Waals surface area contributed by atoms with E-state index in [4.69, 9.17) is 0 Å². The zero-order valence-corrected chi connectivity index (χ0v) is 12.9. The van der Waals surface area contributed by atoms with E-state index in [1.807, 2.05) is 0 Å². The van der Waals surface area contributed by atoms with E-state index in [1.54, 1.807) is 0 Å². The van der Waals surface area contributed by atoms with Crippen LogP contribution in [0, 0.1) is 0 Å². The Morgan fingerprint density at radius 1 is 1.00 bits per heavy atom. The third kappa shape index (κ3) is 5.68. The van der Waals surface area contributed by atoms with Gasteiger partial charge in [-0.3, -0.25) is 4.90 Å². The van der Waals surface area contributed by atoms with E-state index in [-0.39, 0.29) is 0 Å². The van der Waals surface area contributed by atoms with E-state index < -0.39 is 0 Å². The highest BCUT2D eigenvalue weighted by Crippen LogP contribution is 2.14. The number of rotatable bonds is 8. The molecule has 1 aliphatic heterocycles. The van der Waals surface area contributed by atoms with Crippen LogP contribution in [0.25, 0.3) is 0 Å². The number of unbranched alkanes of at least 4 members (excludes halogenated alkanes) is 3. The lowest BCUT2D eigenvalue weighted by Gasteiger charge is -2.42. The van der Waals surface area contributed by atoms with Gasteiger partial charge in [0.25, 0.3) is 0 Å². The van der Waals surface area contributed by atoms with Gasteiger partial charge < -0.3 is 10.2 Å². The molecule has 0 spiro atoms. The maximum atomic E-state index is 3.39. The SMILES string of the molecule is CCNCCCCCCN1CC(C)N(C)C(C)C1. The maximum Gasteiger partial charge on any atom is 0.0195 e. The van der Waals surface area contributed by atoms with Crippen molar-refractivity contribution in [3.8, 4) is 0 Å².